The largest absolute Gasteiger partial charge is 0.322 e. The SMILES string of the molecule is S=c1cc(C2CCCC2)[nH]n1-c1nc2ccccc2[nH]1. The van der Waals surface area contributed by atoms with Gasteiger partial charge in [0.05, 0.1) is 11.0 Å². The number of nitrogens with one attached hydrogen (secondary N) is 2. The number of benzene rings is 1. The third-order valence-corrected chi connectivity index (χ3v) is 4.42. The quantitative estimate of drug-likeness (QED) is 0.697. The maximum atomic E-state index is 5.47. The van der Waals surface area contributed by atoms with Gasteiger partial charge in [-0.3, -0.25) is 5.10 Å². The fourth-order valence-electron chi connectivity index (χ4n) is 3.06. The molecule has 0 bridgehead atoms. The van der Waals surface area contributed by atoms with Gasteiger partial charge in [-0.25, -0.2) is 9.67 Å². The second-order valence-electron chi connectivity index (χ2n) is 5.44. The molecule has 102 valence electrons. The molecule has 0 atom stereocenters. The first-order valence-electron chi connectivity index (χ1n) is 7.08. The van der Waals surface area contributed by atoms with Gasteiger partial charge >= 0.3 is 0 Å². The lowest BCUT2D eigenvalue weighted by atomic mass is 10.1. The maximum Gasteiger partial charge on any atom is 0.228 e. The van der Waals surface area contributed by atoms with E-state index in [1.807, 2.05) is 28.9 Å². The molecule has 0 unspecified atom stereocenters. The second kappa shape index (κ2) is 4.59. The smallest absolute Gasteiger partial charge is 0.228 e. The molecule has 2 N–H and O–H groups in total. The maximum absolute atomic E-state index is 5.47. The average Bonchev–Trinajstić information content (AvgIpc) is 3.16. The Bertz CT molecular complexity index is 772. The van der Waals surface area contributed by atoms with Crippen LogP contribution in [0.2, 0.25) is 0 Å². The highest BCUT2D eigenvalue weighted by Gasteiger charge is 2.19. The molecule has 2 heterocycles. The summed E-state index contributed by atoms with van der Waals surface area (Å²) in [4.78, 5) is 7.90. The van der Waals surface area contributed by atoms with E-state index in [1.165, 1.54) is 31.4 Å². The fraction of sp³-hybridized carbons (Fsp3) is 0.333. The molecular weight excluding hydrogens is 268 g/mol. The summed E-state index contributed by atoms with van der Waals surface area (Å²) in [6, 6.07) is 10.1. The van der Waals surface area contributed by atoms with Crippen LogP contribution in [-0.2, 0) is 0 Å². The minimum Gasteiger partial charge on any atom is -0.322 e. The average molecular weight is 284 g/mol. The lowest BCUT2D eigenvalue weighted by molar-refractivity contribution is 0.672. The minimum atomic E-state index is 0.627. The molecule has 0 amide bonds. The van der Waals surface area contributed by atoms with Gasteiger partial charge in [0.2, 0.25) is 5.95 Å². The van der Waals surface area contributed by atoms with E-state index in [2.05, 4.69) is 21.1 Å². The second-order valence-corrected chi connectivity index (χ2v) is 5.86. The molecule has 1 aliphatic rings. The van der Waals surface area contributed by atoms with Crippen LogP contribution in [0.1, 0.15) is 37.3 Å². The van der Waals surface area contributed by atoms with Gasteiger partial charge in [0, 0.05) is 11.6 Å². The van der Waals surface area contributed by atoms with Crippen LogP contribution in [0, 0.1) is 4.64 Å². The van der Waals surface area contributed by atoms with Crippen molar-refractivity contribution >= 4 is 23.3 Å². The number of para-hydroxylation sites is 2. The summed E-state index contributed by atoms with van der Waals surface area (Å²) in [7, 11) is 0. The summed E-state index contributed by atoms with van der Waals surface area (Å²) >= 11 is 5.47. The Morgan fingerprint density at radius 3 is 2.80 bits per heavy atom. The summed E-state index contributed by atoms with van der Waals surface area (Å²) < 4.78 is 2.66. The van der Waals surface area contributed by atoms with Crippen LogP contribution in [-0.4, -0.2) is 19.7 Å². The summed E-state index contributed by atoms with van der Waals surface area (Å²) in [5.41, 5.74) is 3.23. The third-order valence-electron chi connectivity index (χ3n) is 4.12. The first-order valence-corrected chi connectivity index (χ1v) is 7.49. The number of H-pyrrole nitrogens is 2. The van der Waals surface area contributed by atoms with E-state index in [-0.39, 0.29) is 0 Å². The molecule has 2 aromatic heterocycles. The van der Waals surface area contributed by atoms with Crippen molar-refractivity contribution in [2.75, 3.05) is 0 Å². The standard InChI is InChI=1S/C15H16N4S/c20-14-9-13(10-5-1-2-6-10)18-19(14)15-16-11-7-3-4-8-12(11)17-15/h3-4,7-10,18H,1-2,5-6H2,(H,16,17). The molecule has 20 heavy (non-hydrogen) atoms. The van der Waals surface area contributed by atoms with Gasteiger partial charge in [0.15, 0.2) is 0 Å². The number of hydrogen-bond donors (Lipinski definition) is 2. The Morgan fingerprint density at radius 2 is 2.00 bits per heavy atom. The van der Waals surface area contributed by atoms with Crippen LogP contribution >= 0.6 is 12.2 Å². The van der Waals surface area contributed by atoms with E-state index in [9.17, 15) is 0 Å². The van der Waals surface area contributed by atoms with Crippen molar-refractivity contribution in [3.8, 4) is 5.95 Å². The van der Waals surface area contributed by atoms with Gasteiger partial charge < -0.3 is 4.98 Å². The normalized spacial score (nSPS) is 16.2. The first kappa shape index (κ1) is 11.9. The first-order chi connectivity index (χ1) is 9.81. The highest BCUT2D eigenvalue weighted by Crippen LogP contribution is 2.33. The van der Waals surface area contributed by atoms with Crippen molar-refractivity contribution in [1.82, 2.24) is 19.7 Å². The summed E-state index contributed by atoms with van der Waals surface area (Å²) in [6.07, 6.45) is 5.16. The van der Waals surface area contributed by atoms with Crippen LogP contribution in [0.5, 0.6) is 0 Å². The molecule has 1 fully saturated rings. The molecule has 0 saturated heterocycles. The Morgan fingerprint density at radius 1 is 1.20 bits per heavy atom. The van der Waals surface area contributed by atoms with Gasteiger partial charge in [-0.05, 0) is 31.0 Å². The van der Waals surface area contributed by atoms with Gasteiger partial charge in [-0.15, -0.1) is 0 Å². The predicted molar refractivity (Wildman–Crippen MR) is 81.8 cm³/mol. The van der Waals surface area contributed by atoms with E-state index in [4.69, 9.17) is 12.2 Å². The van der Waals surface area contributed by atoms with Crippen molar-refractivity contribution in [2.24, 2.45) is 0 Å². The Labute approximate surface area is 121 Å². The van der Waals surface area contributed by atoms with E-state index in [0.29, 0.717) is 5.92 Å². The highest BCUT2D eigenvalue weighted by atomic mass is 32.1. The molecule has 1 aromatic carbocycles. The molecule has 0 spiro atoms. The highest BCUT2D eigenvalue weighted by molar-refractivity contribution is 7.71. The monoisotopic (exact) mass is 284 g/mol. The Kier molecular flexibility index (Phi) is 2.73. The zero-order valence-electron chi connectivity index (χ0n) is 11.1. The van der Waals surface area contributed by atoms with E-state index in [1.54, 1.807) is 0 Å². The number of imidazole rings is 1. The third kappa shape index (κ3) is 1.89. The van der Waals surface area contributed by atoms with Crippen LogP contribution in [0.3, 0.4) is 0 Å². The molecule has 0 radical (unpaired) electrons. The lowest BCUT2D eigenvalue weighted by Crippen LogP contribution is -2.01. The number of fused-ring (bicyclic) bond motifs is 1. The molecule has 3 aromatic rings. The summed E-state index contributed by atoms with van der Waals surface area (Å²) in [6.45, 7) is 0. The van der Waals surface area contributed by atoms with Crippen molar-refractivity contribution in [3.05, 3.63) is 40.7 Å². The van der Waals surface area contributed by atoms with E-state index >= 15 is 0 Å². The van der Waals surface area contributed by atoms with Gasteiger partial charge in [-0.2, -0.15) is 0 Å². The van der Waals surface area contributed by atoms with Crippen molar-refractivity contribution in [1.29, 1.82) is 0 Å². The Balaban J connectivity index is 1.79. The number of aromatic amines is 2. The zero-order valence-corrected chi connectivity index (χ0v) is 11.9. The van der Waals surface area contributed by atoms with Crippen LogP contribution in [0.25, 0.3) is 17.0 Å². The van der Waals surface area contributed by atoms with Crippen LogP contribution in [0.4, 0.5) is 0 Å². The molecule has 5 heteroatoms. The Hall–Kier alpha value is -1.88. The molecule has 1 aliphatic carbocycles. The predicted octanol–water partition coefficient (Wildman–Crippen LogP) is 4.07. The van der Waals surface area contributed by atoms with Gasteiger partial charge in [-0.1, -0.05) is 37.2 Å². The molecule has 4 nitrogen and oxygen atoms in total. The molecule has 4 rings (SSSR count). The lowest BCUT2D eigenvalue weighted by Gasteiger charge is -2.05. The van der Waals surface area contributed by atoms with Crippen LogP contribution in [0.15, 0.2) is 30.3 Å². The number of aromatic nitrogens is 4. The minimum absolute atomic E-state index is 0.627. The van der Waals surface area contributed by atoms with Gasteiger partial charge in [0.1, 0.15) is 4.64 Å². The molecular formula is C15H16N4S. The van der Waals surface area contributed by atoms with Crippen LogP contribution < -0.4 is 0 Å². The van der Waals surface area contributed by atoms with Crippen molar-refractivity contribution in [2.45, 2.75) is 31.6 Å². The molecule has 0 aliphatic heterocycles. The topological polar surface area (TPSA) is 49.4 Å². The molecule has 1 saturated carbocycles. The number of hydrogen-bond acceptors (Lipinski definition) is 2. The van der Waals surface area contributed by atoms with E-state index in [0.717, 1.165) is 21.6 Å². The van der Waals surface area contributed by atoms with E-state index < -0.39 is 0 Å². The number of rotatable bonds is 2. The fourth-order valence-corrected chi connectivity index (χ4v) is 3.32. The summed E-state index contributed by atoms with van der Waals surface area (Å²) in [5, 5.41) is 3.42. The summed E-state index contributed by atoms with van der Waals surface area (Å²) in [5.74, 6) is 1.39. The van der Waals surface area contributed by atoms with Gasteiger partial charge in [0.25, 0.3) is 0 Å². The number of nitrogens with zero attached hydrogens (tertiary/aromatic N) is 2. The van der Waals surface area contributed by atoms with Crippen molar-refractivity contribution < 1.29 is 0 Å². The van der Waals surface area contributed by atoms with Crippen molar-refractivity contribution in [3.63, 3.8) is 0 Å². The zero-order chi connectivity index (χ0) is 13.5.